The molecular weight excluding hydrogens is 805 g/mol. The van der Waals surface area contributed by atoms with Gasteiger partial charge in [-0.1, -0.05) is 76.8 Å². The van der Waals surface area contributed by atoms with Crippen molar-refractivity contribution in [1.29, 1.82) is 0 Å². The van der Waals surface area contributed by atoms with Crippen LogP contribution in [0.3, 0.4) is 0 Å². The molecule has 2 aliphatic carbocycles. The predicted molar refractivity (Wildman–Crippen MR) is 220 cm³/mol. The summed E-state index contributed by atoms with van der Waals surface area (Å²) in [6.45, 7) is 1.84. The molecule has 14 heteroatoms. The molecule has 0 aromatic heterocycles. The van der Waals surface area contributed by atoms with Crippen molar-refractivity contribution in [2.75, 3.05) is 31.7 Å². The zero-order valence-corrected chi connectivity index (χ0v) is 34.1. The number of fused-ring (bicyclic) bond motifs is 4. The highest BCUT2D eigenvalue weighted by atomic mass is 35.5. The van der Waals surface area contributed by atoms with Crippen LogP contribution < -0.4 is 24.5 Å². The zero-order chi connectivity index (χ0) is 41.2. The molecular formula is C44H38Cl3N3O8. The Labute approximate surface area is 349 Å². The van der Waals surface area contributed by atoms with Gasteiger partial charge in [-0.05, 0) is 97.0 Å². The van der Waals surface area contributed by atoms with Crippen molar-refractivity contribution in [2.24, 2.45) is 29.6 Å². The summed E-state index contributed by atoms with van der Waals surface area (Å²) in [7, 11) is 4.38. The van der Waals surface area contributed by atoms with Crippen molar-refractivity contribution in [1.82, 2.24) is 5.01 Å². The lowest BCUT2D eigenvalue weighted by Crippen LogP contribution is -2.54. The molecule has 0 radical (unpaired) electrons. The highest BCUT2D eigenvalue weighted by Gasteiger charge is 2.69. The molecule has 11 nitrogen and oxygen atoms in total. The number of carbonyl (C=O) groups is 4. The van der Waals surface area contributed by atoms with Crippen LogP contribution in [0, 0.1) is 36.5 Å². The van der Waals surface area contributed by atoms with E-state index in [0.717, 1.165) is 16.1 Å². The lowest BCUT2D eigenvalue weighted by atomic mass is 9.50. The van der Waals surface area contributed by atoms with E-state index in [-0.39, 0.29) is 46.7 Å². The molecule has 2 aliphatic heterocycles. The Morgan fingerprint density at radius 2 is 1.52 bits per heavy atom. The molecule has 4 amide bonds. The number of hydrogen-bond donors (Lipinski definition) is 2. The van der Waals surface area contributed by atoms with Crippen molar-refractivity contribution in [3.63, 3.8) is 0 Å². The minimum Gasteiger partial charge on any atom is -0.502 e. The number of benzene rings is 4. The van der Waals surface area contributed by atoms with Gasteiger partial charge in [-0.2, -0.15) is 5.01 Å². The van der Waals surface area contributed by atoms with Crippen molar-refractivity contribution in [3.05, 3.63) is 122 Å². The minimum atomic E-state index is -1.55. The SMILES string of the molecule is COc1ccc(C23C(=O)N(Nc4ccc(Cl)cc4Cl)C(=O)C2CC2C(=CCC4C(=O)N(c5ccc(C)c(Cl)c5)C(=O)C42)C3C=Cc2cc(OC)c(O)c(OC)c2)cc1. The quantitative estimate of drug-likeness (QED) is 0.126. The second-order valence-corrected chi connectivity index (χ2v) is 16.1. The Morgan fingerprint density at radius 1 is 0.810 bits per heavy atom. The fraction of sp³-hybridized carbons (Fsp3) is 0.273. The lowest BCUT2D eigenvalue weighted by molar-refractivity contribution is -0.139. The number of phenolic OH excluding ortho intramolecular Hbond substituents is 1. The maximum absolute atomic E-state index is 15.5. The molecule has 4 aromatic rings. The number of hydrazine groups is 1. The fourth-order valence-corrected chi connectivity index (χ4v) is 9.91. The number of nitrogens with zero attached hydrogens (tertiary/aromatic N) is 2. The van der Waals surface area contributed by atoms with Gasteiger partial charge in [-0.25, -0.2) is 4.90 Å². The Kier molecular flexibility index (Phi) is 10.2. The molecule has 298 valence electrons. The zero-order valence-electron chi connectivity index (χ0n) is 31.8. The van der Waals surface area contributed by atoms with Crippen LogP contribution in [-0.4, -0.2) is 55.1 Å². The van der Waals surface area contributed by atoms with Crippen LogP contribution in [0.2, 0.25) is 15.1 Å². The van der Waals surface area contributed by atoms with E-state index < -0.39 is 52.7 Å². The molecule has 2 heterocycles. The topological polar surface area (TPSA) is 135 Å². The second-order valence-electron chi connectivity index (χ2n) is 14.8. The van der Waals surface area contributed by atoms with E-state index in [2.05, 4.69) is 5.43 Å². The van der Waals surface area contributed by atoms with Crippen molar-refractivity contribution in [3.8, 4) is 23.0 Å². The number of phenols is 1. The molecule has 3 fully saturated rings. The largest absolute Gasteiger partial charge is 0.502 e. The van der Waals surface area contributed by atoms with Gasteiger partial charge in [-0.3, -0.25) is 24.6 Å². The van der Waals surface area contributed by atoms with Crippen LogP contribution in [0.1, 0.15) is 29.5 Å². The minimum absolute atomic E-state index is 0.0862. The number of rotatable bonds is 9. The molecule has 6 atom stereocenters. The lowest BCUT2D eigenvalue weighted by Gasteiger charge is -2.49. The number of amides is 4. The summed E-state index contributed by atoms with van der Waals surface area (Å²) in [5, 5.41) is 12.7. The van der Waals surface area contributed by atoms with Gasteiger partial charge in [0.1, 0.15) is 5.75 Å². The first-order valence-corrected chi connectivity index (χ1v) is 19.7. The van der Waals surface area contributed by atoms with Crippen LogP contribution >= 0.6 is 34.8 Å². The summed E-state index contributed by atoms with van der Waals surface area (Å²) in [6.07, 6.45) is 5.91. The van der Waals surface area contributed by atoms with E-state index >= 15 is 4.79 Å². The van der Waals surface area contributed by atoms with E-state index in [1.54, 1.807) is 72.8 Å². The van der Waals surface area contributed by atoms with Crippen LogP contribution in [0.25, 0.3) is 6.08 Å². The van der Waals surface area contributed by atoms with Crippen LogP contribution in [-0.2, 0) is 24.6 Å². The standard InChI is InChI=1S/C44H38Cl3N3O8/c1-22-5-10-26(20-33(22)46)49-40(52)29-14-13-28-30(38(29)42(49)54)21-32-41(53)50(48-35-16-9-25(45)19-34(35)47)43(55)44(32,24-7-11-27(56-2)12-8-24)31(28)15-6-23-17-36(57-3)39(51)37(18-23)58-4/h5-13,15-20,29-32,38,48,51H,14,21H2,1-4H3. The molecule has 2 N–H and O–H groups in total. The molecule has 1 saturated carbocycles. The first-order valence-electron chi connectivity index (χ1n) is 18.6. The van der Waals surface area contributed by atoms with E-state index in [9.17, 15) is 19.5 Å². The average molecular weight is 843 g/mol. The highest BCUT2D eigenvalue weighted by molar-refractivity contribution is 6.36. The van der Waals surface area contributed by atoms with Gasteiger partial charge in [-0.15, -0.1) is 0 Å². The number of halogens is 3. The van der Waals surface area contributed by atoms with Gasteiger partial charge < -0.3 is 19.3 Å². The molecule has 58 heavy (non-hydrogen) atoms. The number of anilines is 2. The van der Waals surface area contributed by atoms with E-state index in [1.165, 1.54) is 32.3 Å². The molecule has 0 bridgehead atoms. The predicted octanol–water partition coefficient (Wildman–Crippen LogP) is 8.42. The van der Waals surface area contributed by atoms with Crippen LogP contribution in [0.5, 0.6) is 23.0 Å². The maximum atomic E-state index is 15.5. The highest BCUT2D eigenvalue weighted by Crippen LogP contribution is 2.62. The molecule has 8 rings (SSSR count). The third-order valence-corrected chi connectivity index (χ3v) is 13.0. The van der Waals surface area contributed by atoms with Crippen molar-refractivity contribution in [2.45, 2.75) is 25.2 Å². The van der Waals surface area contributed by atoms with E-state index in [1.807, 2.05) is 19.1 Å². The van der Waals surface area contributed by atoms with Crippen LogP contribution in [0.4, 0.5) is 11.4 Å². The van der Waals surface area contributed by atoms with Crippen molar-refractivity contribution >= 4 is 75.9 Å². The molecule has 6 unspecified atom stereocenters. The number of allylic oxidation sites excluding steroid dienone is 3. The first-order chi connectivity index (χ1) is 27.8. The number of imide groups is 2. The third kappa shape index (κ3) is 6.10. The summed E-state index contributed by atoms with van der Waals surface area (Å²) in [4.78, 5) is 60.5. The second kappa shape index (κ2) is 15.0. The Balaban J connectivity index is 1.32. The fourth-order valence-electron chi connectivity index (χ4n) is 9.28. The molecule has 2 saturated heterocycles. The average Bonchev–Trinajstić information content (AvgIpc) is 3.60. The smallest absolute Gasteiger partial charge is 0.260 e. The normalized spacial score (nSPS) is 25.1. The number of aromatic hydroxyl groups is 1. The number of carbonyl (C=O) groups excluding carboxylic acids is 4. The summed E-state index contributed by atoms with van der Waals surface area (Å²) in [6, 6.07) is 20.0. The van der Waals surface area contributed by atoms with Gasteiger partial charge in [0.05, 0.1) is 60.9 Å². The van der Waals surface area contributed by atoms with Crippen LogP contribution in [0.15, 0.2) is 90.5 Å². The summed E-state index contributed by atoms with van der Waals surface area (Å²) < 4.78 is 16.4. The molecule has 4 aliphatic rings. The monoisotopic (exact) mass is 841 g/mol. The number of ether oxygens (including phenoxy) is 3. The Morgan fingerprint density at radius 3 is 2.16 bits per heavy atom. The maximum Gasteiger partial charge on any atom is 0.260 e. The summed E-state index contributed by atoms with van der Waals surface area (Å²) >= 11 is 19.2. The van der Waals surface area contributed by atoms with Crippen molar-refractivity contribution < 1.29 is 38.5 Å². The molecule has 4 aromatic carbocycles. The summed E-state index contributed by atoms with van der Waals surface area (Å²) in [5.41, 5.74) is 4.76. The Hall–Kier alpha value is -5.49. The number of methoxy groups -OCH3 is 3. The molecule has 0 spiro atoms. The van der Waals surface area contributed by atoms with Gasteiger partial charge in [0.15, 0.2) is 11.5 Å². The van der Waals surface area contributed by atoms with Gasteiger partial charge in [0.2, 0.25) is 17.6 Å². The number of aryl methyl sites for hydroxylation is 1. The number of hydrogen-bond acceptors (Lipinski definition) is 9. The van der Waals surface area contributed by atoms with Gasteiger partial charge in [0.25, 0.3) is 11.8 Å². The van der Waals surface area contributed by atoms with E-state index in [0.29, 0.717) is 32.6 Å². The van der Waals surface area contributed by atoms with Gasteiger partial charge in [0, 0.05) is 16.0 Å². The summed E-state index contributed by atoms with van der Waals surface area (Å²) in [5.74, 6) is -5.08. The third-order valence-electron chi connectivity index (χ3n) is 12.0. The Bertz CT molecular complexity index is 2430. The number of nitrogens with one attached hydrogen (secondary N) is 1. The van der Waals surface area contributed by atoms with E-state index in [4.69, 9.17) is 49.0 Å². The van der Waals surface area contributed by atoms with Gasteiger partial charge >= 0.3 is 0 Å². The first kappa shape index (κ1) is 39.3.